The van der Waals surface area contributed by atoms with Crippen LogP contribution in [0.1, 0.15) is 12.5 Å². The molecule has 1 atom stereocenters. The van der Waals surface area contributed by atoms with Crippen molar-refractivity contribution in [1.82, 2.24) is 19.7 Å². The van der Waals surface area contributed by atoms with E-state index in [1.54, 1.807) is 42.4 Å². The predicted molar refractivity (Wildman–Crippen MR) is 119 cm³/mol. The lowest BCUT2D eigenvalue weighted by atomic mass is 10.2. The van der Waals surface area contributed by atoms with Crippen molar-refractivity contribution in [3.05, 3.63) is 65.6 Å². The quantitative estimate of drug-likeness (QED) is 0.399. The number of halogens is 1. The van der Waals surface area contributed by atoms with Crippen molar-refractivity contribution in [2.45, 2.75) is 19.5 Å². The SMILES string of the molecule is COc1ccc(Cn2nc(N[C@H](C)CO)c3c(Oc4ccc(Cl)nc4)ccnc32)cc1. The van der Waals surface area contributed by atoms with Crippen LogP contribution in [0.2, 0.25) is 5.15 Å². The van der Waals surface area contributed by atoms with Gasteiger partial charge >= 0.3 is 0 Å². The van der Waals surface area contributed by atoms with Crippen molar-refractivity contribution in [3.8, 4) is 17.2 Å². The fourth-order valence-corrected chi connectivity index (χ4v) is 3.21. The largest absolute Gasteiger partial charge is 0.497 e. The number of benzene rings is 1. The molecule has 9 heteroatoms. The molecule has 0 aliphatic carbocycles. The molecule has 3 aromatic heterocycles. The Morgan fingerprint density at radius 2 is 1.87 bits per heavy atom. The van der Waals surface area contributed by atoms with Crippen molar-refractivity contribution in [3.63, 3.8) is 0 Å². The van der Waals surface area contributed by atoms with E-state index in [9.17, 15) is 5.11 Å². The van der Waals surface area contributed by atoms with Crippen molar-refractivity contribution in [2.24, 2.45) is 0 Å². The Balaban J connectivity index is 1.75. The zero-order valence-electron chi connectivity index (χ0n) is 17.1. The average Bonchev–Trinajstić information content (AvgIpc) is 3.13. The summed E-state index contributed by atoms with van der Waals surface area (Å²) in [5.41, 5.74) is 1.70. The molecule has 8 nitrogen and oxygen atoms in total. The van der Waals surface area contributed by atoms with Crippen LogP contribution in [-0.2, 0) is 6.54 Å². The normalized spacial score (nSPS) is 12.0. The van der Waals surface area contributed by atoms with Crippen molar-refractivity contribution < 1.29 is 14.6 Å². The molecule has 2 N–H and O–H groups in total. The number of ether oxygens (including phenoxy) is 2. The maximum atomic E-state index is 9.51. The van der Waals surface area contributed by atoms with E-state index in [0.29, 0.717) is 40.0 Å². The van der Waals surface area contributed by atoms with Gasteiger partial charge in [-0.2, -0.15) is 5.10 Å². The summed E-state index contributed by atoms with van der Waals surface area (Å²) in [5, 5.41) is 18.6. The van der Waals surface area contributed by atoms with E-state index in [4.69, 9.17) is 26.2 Å². The standard InChI is InChI=1S/C22H22ClN5O3/c1-14(13-29)26-21-20-18(31-17-7-8-19(23)25-11-17)9-10-24-22(20)28(27-21)12-15-3-5-16(30-2)6-4-15/h3-11,14,29H,12-13H2,1-2H3,(H,26,27)/t14-/m1/s1. The van der Waals surface area contributed by atoms with E-state index < -0.39 is 0 Å². The topological polar surface area (TPSA) is 94.3 Å². The first-order valence-corrected chi connectivity index (χ1v) is 10.1. The van der Waals surface area contributed by atoms with Crippen LogP contribution in [0.15, 0.2) is 54.9 Å². The van der Waals surface area contributed by atoms with E-state index in [1.807, 2.05) is 31.2 Å². The summed E-state index contributed by atoms with van der Waals surface area (Å²) in [4.78, 5) is 8.60. The number of pyridine rings is 2. The van der Waals surface area contributed by atoms with E-state index in [2.05, 4.69) is 15.3 Å². The molecule has 0 fully saturated rings. The molecular weight excluding hydrogens is 418 g/mol. The molecule has 0 aliphatic rings. The number of anilines is 1. The number of fused-ring (bicyclic) bond motifs is 1. The minimum atomic E-state index is -0.196. The summed E-state index contributed by atoms with van der Waals surface area (Å²) in [6.07, 6.45) is 3.23. The molecule has 0 unspecified atom stereocenters. The highest BCUT2D eigenvalue weighted by molar-refractivity contribution is 6.29. The molecule has 0 spiro atoms. The number of hydrogen-bond donors (Lipinski definition) is 2. The number of nitrogens with zero attached hydrogens (tertiary/aromatic N) is 4. The van der Waals surface area contributed by atoms with E-state index in [0.717, 1.165) is 11.3 Å². The summed E-state index contributed by atoms with van der Waals surface area (Å²) in [5.74, 6) is 2.48. The summed E-state index contributed by atoms with van der Waals surface area (Å²) in [6.45, 7) is 2.34. The van der Waals surface area contributed by atoms with E-state index in [-0.39, 0.29) is 12.6 Å². The van der Waals surface area contributed by atoms with Gasteiger partial charge in [-0.3, -0.25) is 0 Å². The van der Waals surface area contributed by atoms with Crippen LogP contribution in [0, 0.1) is 0 Å². The van der Waals surface area contributed by atoms with Gasteiger partial charge in [0.05, 0.1) is 26.5 Å². The van der Waals surface area contributed by atoms with Crippen LogP contribution in [0.25, 0.3) is 11.0 Å². The molecule has 0 aliphatic heterocycles. The third-order valence-electron chi connectivity index (χ3n) is 4.67. The Kier molecular flexibility index (Phi) is 6.20. The molecular formula is C22H22ClN5O3. The maximum absolute atomic E-state index is 9.51. The minimum absolute atomic E-state index is 0.0373. The van der Waals surface area contributed by atoms with Crippen LogP contribution in [0.4, 0.5) is 5.82 Å². The number of aromatic nitrogens is 4. The molecule has 0 radical (unpaired) electrons. The summed E-state index contributed by atoms with van der Waals surface area (Å²) >= 11 is 5.88. The average molecular weight is 440 g/mol. The van der Waals surface area contributed by atoms with Crippen LogP contribution >= 0.6 is 11.6 Å². The molecule has 160 valence electrons. The van der Waals surface area contributed by atoms with Crippen molar-refractivity contribution >= 4 is 28.5 Å². The molecule has 1 aromatic carbocycles. The van der Waals surface area contributed by atoms with Crippen LogP contribution in [0.3, 0.4) is 0 Å². The number of methoxy groups -OCH3 is 1. The van der Waals surface area contributed by atoms with Crippen molar-refractivity contribution in [2.75, 3.05) is 19.0 Å². The Bertz CT molecular complexity index is 1160. The van der Waals surface area contributed by atoms with Crippen LogP contribution < -0.4 is 14.8 Å². The second-order valence-electron chi connectivity index (χ2n) is 7.01. The monoisotopic (exact) mass is 439 g/mol. The van der Waals surface area contributed by atoms with Gasteiger partial charge in [-0.1, -0.05) is 23.7 Å². The lowest BCUT2D eigenvalue weighted by molar-refractivity contribution is 0.281. The minimum Gasteiger partial charge on any atom is -0.497 e. The van der Waals surface area contributed by atoms with E-state index >= 15 is 0 Å². The second kappa shape index (κ2) is 9.20. The molecule has 4 aromatic rings. The summed E-state index contributed by atoms with van der Waals surface area (Å²) in [7, 11) is 1.64. The number of aliphatic hydroxyl groups excluding tert-OH is 1. The fraction of sp³-hybridized carbons (Fsp3) is 0.227. The van der Waals surface area contributed by atoms with Crippen LogP contribution in [-0.4, -0.2) is 44.6 Å². The first-order chi connectivity index (χ1) is 15.1. The Morgan fingerprint density at radius 1 is 1.10 bits per heavy atom. The van der Waals surface area contributed by atoms with Gasteiger partial charge in [0.25, 0.3) is 0 Å². The smallest absolute Gasteiger partial charge is 0.164 e. The van der Waals surface area contributed by atoms with Crippen LogP contribution in [0.5, 0.6) is 17.2 Å². The highest BCUT2D eigenvalue weighted by Crippen LogP contribution is 2.34. The lowest BCUT2D eigenvalue weighted by Crippen LogP contribution is -2.20. The number of rotatable bonds is 8. The van der Waals surface area contributed by atoms with Gasteiger partial charge in [0.2, 0.25) is 0 Å². The van der Waals surface area contributed by atoms with Gasteiger partial charge in [-0.25, -0.2) is 14.6 Å². The zero-order chi connectivity index (χ0) is 21.8. The highest BCUT2D eigenvalue weighted by atomic mass is 35.5. The Hall–Kier alpha value is -3.36. The molecule has 4 rings (SSSR count). The number of aliphatic hydroxyl groups is 1. The van der Waals surface area contributed by atoms with Gasteiger partial charge in [0.1, 0.15) is 27.8 Å². The van der Waals surface area contributed by atoms with Crippen molar-refractivity contribution in [1.29, 1.82) is 0 Å². The maximum Gasteiger partial charge on any atom is 0.164 e. The molecule has 31 heavy (non-hydrogen) atoms. The molecule has 0 saturated carbocycles. The predicted octanol–water partition coefficient (Wildman–Crippen LogP) is 4.12. The van der Waals surface area contributed by atoms with Gasteiger partial charge in [-0.15, -0.1) is 0 Å². The Labute approximate surface area is 184 Å². The fourth-order valence-electron chi connectivity index (χ4n) is 3.10. The summed E-state index contributed by atoms with van der Waals surface area (Å²) < 4.78 is 13.1. The molecule has 0 amide bonds. The zero-order valence-corrected chi connectivity index (χ0v) is 17.9. The number of nitrogens with one attached hydrogen (secondary N) is 1. The molecule has 0 saturated heterocycles. The van der Waals surface area contributed by atoms with Gasteiger partial charge < -0.3 is 19.9 Å². The lowest BCUT2D eigenvalue weighted by Gasteiger charge is -2.11. The van der Waals surface area contributed by atoms with Gasteiger partial charge in [0.15, 0.2) is 11.5 Å². The summed E-state index contributed by atoms with van der Waals surface area (Å²) in [6, 6.07) is 12.8. The molecule has 3 heterocycles. The van der Waals surface area contributed by atoms with Gasteiger partial charge in [0, 0.05) is 18.3 Å². The third kappa shape index (κ3) is 4.70. The third-order valence-corrected chi connectivity index (χ3v) is 4.89. The first-order valence-electron chi connectivity index (χ1n) is 9.72. The van der Waals surface area contributed by atoms with Gasteiger partial charge in [-0.05, 0) is 36.8 Å². The highest BCUT2D eigenvalue weighted by Gasteiger charge is 2.19. The number of hydrogen-bond acceptors (Lipinski definition) is 7. The second-order valence-corrected chi connectivity index (χ2v) is 7.40. The van der Waals surface area contributed by atoms with E-state index in [1.165, 1.54) is 0 Å². The Morgan fingerprint density at radius 3 is 2.55 bits per heavy atom. The molecule has 0 bridgehead atoms. The first kappa shape index (κ1) is 20.9.